The molecule has 0 unspecified atom stereocenters. The summed E-state index contributed by atoms with van der Waals surface area (Å²) in [5.74, 6) is 1.47. The molecule has 0 spiro atoms. The fraction of sp³-hybridized carbons (Fsp3) is 0.387. The molecule has 0 saturated carbocycles. The van der Waals surface area contributed by atoms with E-state index in [1.165, 1.54) is 28.7 Å². The number of nitro benzene ring substituents is 2. The largest absolute Gasteiger partial charge is 0.454 e. The van der Waals surface area contributed by atoms with Gasteiger partial charge in [-0.3, -0.25) is 30.6 Å². The highest BCUT2D eigenvalue weighted by Crippen LogP contribution is 2.34. The van der Waals surface area contributed by atoms with Crippen molar-refractivity contribution in [1.82, 2.24) is 9.21 Å². The van der Waals surface area contributed by atoms with E-state index < -0.39 is 25.6 Å². The average molecular weight is 682 g/mol. The van der Waals surface area contributed by atoms with Crippen LogP contribution in [0.25, 0.3) is 0 Å². The molecule has 3 heterocycles. The van der Waals surface area contributed by atoms with Crippen LogP contribution in [0.4, 0.5) is 22.7 Å². The minimum atomic E-state index is -4.17. The normalized spacial score (nSPS) is 20.2. The Morgan fingerprint density at radius 2 is 1.65 bits per heavy atom. The predicted octanol–water partition coefficient (Wildman–Crippen LogP) is 3.80. The lowest BCUT2D eigenvalue weighted by Gasteiger charge is -2.35. The van der Waals surface area contributed by atoms with Crippen LogP contribution in [0.5, 0.6) is 11.5 Å². The van der Waals surface area contributed by atoms with Crippen molar-refractivity contribution in [2.24, 2.45) is 5.10 Å². The zero-order valence-corrected chi connectivity index (χ0v) is 27.2. The van der Waals surface area contributed by atoms with E-state index in [0.29, 0.717) is 37.4 Å². The molecule has 1 N–H and O–H groups in total. The van der Waals surface area contributed by atoms with Crippen molar-refractivity contribution in [2.45, 2.75) is 37.5 Å². The van der Waals surface area contributed by atoms with Crippen LogP contribution >= 0.6 is 0 Å². The summed E-state index contributed by atoms with van der Waals surface area (Å²) in [6.45, 7) is 7.23. The van der Waals surface area contributed by atoms with E-state index in [9.17, 15) is 28.6 Å². The molecule has 17 heteroatoms. The van der Waals surface area contributed by atoms with Gasteiger partial charge in [-0.15, -0.1) is 0 Å². The third-order valence-electron chi connectivity index (χ3n) is 8.33. The van der Waals surface area contributed by atoms with Crippen LogP contribution < -0.4 is 19.8 Å². The zero-order valence-electron chi connectivity index (χ0n) is 26.4. The van der Waals surface area contributed by atoms with Gasteiger partial charge in [0.25, 0.3) is 11.4 Å². The van der Waals surface area contributed by atoms with Gasteiger partial charge in [-0.1, -0.05) is 12.1 Å². The van der Waals surface area contributed by atoms with E-state index >= 15 is 0 Å². The second-order valence-electron chi connectivity index (χ2n) is 11.8. The number of piperazine rings is 1. The second kappa shape index (κ2) is 13.7. The van der Waals surface area contributed by atoms with Crippen LogP contribution in [0, 0.1) is 20.2 Å². The lowest BCUT2D eigenvalue weighted by molar-refractivity contribution is -0.385. The third kappa shape index (κ3) is 7.18. The average Bonchev–Trinajstić information content (AvgIpc) is 3.53. The van der Waals surface area contributed by atoms with Crippen LogP contribution in [-0.4, -0.2) is 92.0 Å². The molecule has 0 aliphatic carbocycles. The van der Waals surface area contributed by atoms with Gasteiger partial charge in [-0.2, -0.15) is 9.41 Å². The Balaban J connectivity index is 1.15. The highest BCUT2D eigenvalue weighted by atomic mass is 32.2. The van der Waals surface area contributed by atoms with E-state index in [4.69, 9.17) is 14.2 Å². The number of ether oxygens (including phenoxy) is 3. The molecule has 0 amide bonds. The molecule has 0 radical (unpaired) electrons. The first-order valence-electron chi connectivity index (χ1n) is 15.4. The van der Waals surface area contributed by atoms with Crippen LogP contribution in [0.2, 0.25) is 0 Å². The van der Waals surface area contributed by atoms with Crippen molar-refractivity contribution >= 4 is 39.0 Å². The number of benzene rings is 3. The van der Waals surface area contributed by atoms with Crippen molar-refractivity contribution in [1.29, 1.82) is 0 Å². The molecule has 3 aliphatic rings. The van der Waals surface area contributed by atoms with E-state index in [1.807, 2.05) is 23.1 Å². The molecule has 3 aromatic carbocycles. The van der Waals surface area contributed by atoms with Crippen LogP contribution in [0.3, 0.4) is 0 Å². The molecule has 2 fully saturated rings. The van der Waals surface area contributed by atoms with Gasteiger partial charge in [0.2, 0.25) is 16.8 Å². The first-order valence-corrected chi connectivity index (χ1v) is 16.8. The highest BCUT2D eigenvalue weighted by molar-refractivity contribution is 7.89. The summed E-state index contributed by atoms with van der Waals surface area (Å²) in [4.78, 5) is 26.4. The molecule has 2 saturated heterocycles. The lowest BCUT2D eigenvalue weighted by Crippen LogP contribution is -2.48. The molecule has 6 rings (SSSR count). The molecule has 0 bridgehead atoms. The summed E-state index contributed by atoms with van der Waals surface area (Å²) in [6.07, 6.45) is 0.609. The van der Waals surface area contributed by atoms with Gasteiger partial charge in [0, 0.05) is 69.6 Å². The van der Waals surface area contributed by atoms with Crippen molar-refractivity contribution < 1.29 is 32.5 Å². The monoisotopic (exact) mass is 681 g/mol. The minimum Gasteiger partial charge on any atom is -0.454 e. The lowest BCUT2D eigenvalue weighted by atomic mass is 10.1. The fourth-order valence-electron chi connectivity index (χ4n) is 6.05. The topological polar surface area (TPSA) is 182 Å². The molecule has 16 nitrogen and oxygen atoms in total. The zero-order chi connectivity index (χ0) is 34.0. The summed E-state index contributed by atoms with van der Waals surface area (Å²) >= 11 is 0. The van der Waals surface area contributed by atoms with Gasteiger partial charge in [0.05, 0.1) is 34.0 Å². The van der Waals surface area contributed by atoms with Crippen LogP contribution in [0.1, 0.15) is 25.0 Å². The number of anilines is 2. The molecule has 254 valence electrons. The number of nitrogens with zero attached hydrogens (tertiary/aromatic N) is 6. The molecule has 48 heavy (non-hydrogen) atoms. The van der Waals surface area contributed by atoms with Crippen molar-refractivity contribution in [3.05, 3.63) is 86.0 Å². The number of sulfonamides is 1. The fourth-order valence-corrected chi connectivity index (χ4v) is 7.80. The Hall–Kier alpha value is -4.84. The summed E-state index contributed by atoms with van der Waals surface area (Å²) in [6, 6.07) is 14.1. The van der Waals surface area contributed by atoms with Gasteiger partial charge < -0.3 is 19.1 Å². The number of fused-ring (bicyclic) bond motifs is 1. The standard InChI is InChI=1S/C31H35N7O9S/c1-21-17-36(18-22(2)47-21)48(43,44)31-15-25(37(39)40)5-6-26(31)33-32-16-23-3-7-27(28(13-23)38(41)42)35-11-9-34(10-12-35)19-24-4-8-29-30(14-24)46-20-45-29/h3-8,13-16,21-22,33H,9-12,17-20H2,1-2H3/b32-16-/t21-,22-/m1/s1. The maximum atomic E-state index is 13.6. The van der Waals surface area contributed by atoms with Gasteiger partial charge in [0.1, 0.15) is 10.6 Å². The Bertz CT molecular complexity index is 1840. The number of hydrazone groups is 1. The molecule has 0 aromatic heterocycles. The van der Waals surface area contributed by atoms with Crippen LogP contribution in [0.15, 0.2) is 64.6 Å². The van der Waals surface area contributed by atoms with E-state index in [1.54, 1.807) is 26.0 Å². The Labute approximate surface area is 276 Å². The van der Waals surface area contributed by atoms with Crippen LogP contribution in [-0.2, 0) is 21.3 Å². The molecule has 2 atom stereocenters. The summed E-state index contributed by atoms with van der Waals surface area (Å²) < 4.78 is 45.0. The smallest absolute Gasteiger partial charge is 0.293 e. The van der Waals surface area contributed by atoms with Crippen molar-refractivity contribution in [3.63, 3.8) is 0 Å². The molecular weight excluding hydrogens is 646 g/mol. The quantitative estimate of drug-likeness (QED) is 0.186. The number of rotatable bonds is 10. The molecule has 3 aromatic rings. The number of hydrogen-bond donors (Lipinski definition) is 1. The maximum Gasteiger partial charge on any atom is 0.293 e. The minimum absolute atomic E-state index is 0.0217. The van der Waals surface area contributed by atoms with Gasteiger partial charge in [0.15, 0.2) is 11.5 Å². The summed E-state index contributed by atoms with van der Waals surface area (Å²) in [5.41, 5.74) is 4.21. The van der Waals surface area contributed by atoms with E-state index in [2.05, 4.69) is 15.4 Å². The number of nitro groups is 2. The maximum absolute atomic E-state index is 13.6. The first kappa shape index (κ1) is 33.1. The Kier molecular flexibility index (Phi) is 9.45. The van der Waals surface area contributed by atoms with Crippen molar-refractivity contribution in [3.8, 4) is 11.5 Å². The third-order valence-corrected chi connectivity index (χ3v) is 10.2. The van der Waals surface area contributed by atoms with Gasteiger partial charge in [-0.05, 0) is 43.7 Å². The molecular formula is C31H35N7O9S. The summed E-state index contributed by atoms with van der Waals surface area (Å²) in [7, 11) is -4.17. The number of morpholine rings is 1. The SMILES string of the molecule is C[C@@H]1CN(S(=O)(=O)c2cc([N+](=O)[O-])ccc2N/N=C\c2ccc(N3CCN(Cc4ccc5c(c4)OCO5)CC3)c([N+](=O)[O-])c2)C[C@@H](C)O1. The van der Waals surface area contributed by atoms with Gasteiger partial charge in [-0.25, -0.2) is 8.42 Å². The number of nitrogens with one attached hydrogen (secondary N) is 1. The predicted molar refractivity (Wildman–Crippen MR) is 176 cm³/mol. The second-order valence-corrected chi connectivity index (χ2v) is 13.7. The van der Waals surface area contributed by atoms with E-state index in [-0.39, 0.29) is 48.4 Å². The summed E-state index contributed by atoms with van der Waals surface area (Å²) in [5, 5.41) is 27.7. The highest BCUT2D eigenvalue weighted by Gasteiger charge is 2.35. The first-order chi connectivity index (χ1) is 23.0. The number of non-ortho nitro benzene ring substituents is 1. The molecule has 3 aliphatic heterocycles. The van der Waals surface area contributed by atoms with Crippen molar-refractivity contribution in [2.75, 3.05) is 56.4 Å². The van der Waals surface area contributed by atoms with Gasteiger partial charge >= 0.3 is 0 Å². The number of hydrogen-bond acceptors (Lipinski definition) is 13. The Morgan fingerprint density at radius 3 is 2.35 bits per heavy atom. The Morgan fingerprint density at radius 1 is 0.917 bits per heavy atom. The van der Waals surface area contributed by atoms with E-state index in [0.717, 1.165) is 29.7 Å².